The molecule has 1 aromatic rings. The van der Waals surface area contributed by atoms with Crippen molar-refractivity contribution in [1.29, 1.82) is 0 Å². The van der Waals surface area contributed by atoms with E-state index >= 15 is 0 Å². The number of nitrogens with one attached hydrogen (secondary N) is 1. The quantitative estimate of drug-likeness (QED) is 0.882. The number of amides is 2. The molecule has 1 aliphatic carbocycles. The van der Waals surface area contributed by atoms with Crippen LogP contribution >= 0.6 is 23.2 Å². The first-order valence-corrected chi connectivity index (χ1v) is 9.31. The monoisotopic (exact) mass is 368 g/mol. The lowest BCUT2D eigenvalue weighted by Crippen LogP contribution is -2.48. The van der Waals surface area contributed by atoms with Crippen molar-refractivity contribution in [2.75, 3.05) is 19.6 Å². The molecule has 1 N–H and O–H groups in total. The zero-order valence-corrected chi connectivity index (χ0v) is 15.1. The summed E-state index contributed by atoms with van der Waals surface area (Å²) in [6.07, 6.45) is 6.22. The van der Waals surface area contributed by atoms with E-state index in [-0.39, 0.29) is 23.4 Å². The van der Waals surface area contributed by atoms with Crippen LogP contribution in [0.3, 0.4) is 0 Å². The minimum Gasteiger partial charge on any atom is -0.343 e. The number of likely N-dealkylation sites (tertiary alicyclic amines) is 1. The summed E-state index contributed by atoms with van der Waals surface area (Å²) in [7, 11) is 0. The number of carbonyl (C=O) groups excluding carboxylic acids is 2. The average Bonchev–Trinajstić information content (AvgIpc) is 2.59. The van der Waals surface area contributed by atoms with Crippen LogP contribution in [0.1, 0.15) is 42.5 Å². The highest BCUT2D eigenvalue weighted by Crippen LogP contribution is 2.35. The first kappa shape index (κ1) is 17.6. The third kappa shape index (κ3) is 4.04. The van der Waals surface area contributed by atoms with Gasteiger partial charge in [-0.15, -0.1) is 0 Å². The van der Waals surface area contributed by atoms with E-state index in [9.17, 15) is 9.59 Å². The van der Waals surface area contributed by atoms with Crippen molar-refractivity contribution in [2.24, 2.45) is 11.8 Å². The fourth-order valence-electron chi connectivity index (χ4n) is 3.86. The van der Waals surface area contributed by atoms with Crippen molar-refractivity contribution >= 4 is 35.0 Å². The van der Waals surface area contributed by atoms with Crippen molar-refractivity contribution in [3.63, 3.8) is 0 Å². The maximum atomic E-state index is 12.4. The third-order valence-corrected chi connectivity index (χ3v) is 5.77. The maximum Gasteiger partial charge on any atom is 0.253 e. The van der Waals surface area contributed by atoms with Gasteiger partial charge in [0.1, 0.15) is 0 Å². The van der Waals surface area contributed by atoms with Crippen molar-refractivity contribution in [1.82, 2.24) is 10.2 Å². The van der Waals surface area contributed by atoms with Crippen molar-refractivity contribution < 1.29 is 9.59 Å². The highest BCUT2D eigenvalue weighted by atomic mass is 35.5. The van der Waals surface area contributed by atoms with Crippen LogP contribution in [0.4, 0.5) is 0 Å². The van der Waals surface area contributed by atoms with Crippen LogP contribution in [-0.2, 0) is 4.79 Å². The molecule has 1 saturated heterocycles. The molecule has 1 heterocycles. The summed E-state index contributed by atoms with van der Waals surface area (Å²) in [5.41, 5.74) is 0.333. The number of benzene rings is 1. The molecule has 130 valence electrons. The molecule has 4 nitrogen and oxygen atoms in total. The molecule has 6 heteroatoms. The summed E-state index contributed by atoms with van der Waals surface area (Å²) >= 11 is 11.9. The fourth-order valence-corrected chi connectivity index (χ4v) is 4.36. The Labute approximate surface area is 152 Å². The molecule has 2 atom stereocenters. The average molecular weight is 369 g/mol. The number of nitrogens with zero attached hydrogens (tertiary/aromatic N) is 1. The Kier molecular flexibility index (Phi) is 5.67. The van der Waals surface area contributed by atoms with Gasteiger partial charge in [0, 0.05) is 18.1 Å². The smallest absolute Gasteiger partial charge is 0.253 e. The Morgan fingerprint density at radius 1 is 1.12 bits per heavy atom. The van der Waals surface area contributed by atoms with Crippen LogP contribution in [0.25, 0.3) is 0 Å². The number of hydrogen-bond donors (Lipinski definition) is 1. The first-order chi connectivity index (χ1) is 11.5. The van der Waals surface area contributed by atoms with Gasteiger partial charge >= 0.3 is 0 Å². The van der Waals surface area contributed by atoms with E-state index < -0.39 is 0 Å². The molecule has 3 rings (SSSR count). The summed E-state index contributed by atoms with van der Waals surface area (Å²) in [6.45, 7) is 1.65. The molecule has 0 radical (unpaired) electrons. The van der Waals surface area contributed by atoms with Gasteiger partial charge in [-0.3, -0.25) is 9.59 Å². The molecule has 1 aromatic carbocycles. The van der Waals surface area contributed by atoms with Crippen LogP contribution < -0.4 is 5.32 Å². The molecule has 0 unspecified atom stereocenters. The normalized spacial score (nSPS) is 23.5. The second kappa shape index (κ2) is 7.75. The molecule has 2 fully saturated rings. The van der Waals surface area contributed by atoms with Crippen LogP contribution in [0.5, 0.6) is 0 Å². The highest BCUT2D eigenvalue weighted by Gasteiger charge is 2.32. The largest absolute Gasteiger partial charge is 0.343 e. The summed E-state index contributed by atoms with van der Waals surface area (Å²) < 4.78 is 0. The number of fused-ring (bicyclic) bond motifs is 1. The molecule has 2 amide bonds. The lowest BCUT2D eigenvalue weighted by atomic mass is 9.75. The molecular formula is C18H22Cl2N2O2. The number of carbonyl (C=O) groups is 2. The third-order valence-electron chi connectivity index (χ3n) is 5.22. The number of halogens is 2. The predicted octanol–water partition coefficient (Wildman–Crippen LogP) is 3.76. The second-order valence-corrected chi connectivity index (χ2v) is 7.58. The predicted molar refractivity (Wildman–Crippen MR) is 95.4 cm³/mol. The van der Waals surface area contributed by atoms with E-state index in [4.69, 9.17) is 23.2 Å². The topological polar surface area (TPSA) is 49.4 Å². The lowest BCUT2D eigenvalue weighted by molar-refractivity contribution is -0.133. The Morgan fingerprint density at radius 2 is 1.88 bits per heavy atom. The maximum absolute atomic E-state index is 12.4. The summed E-state index contributed by atoms with van der Waals surface area (Å²) in [6, 6.07) is 4.70. The molecule has 0 spiro atoms. The summed E-state index contributed by atoms with van der Waals surface area (Å²) in [5, 5.41) is 3.43. The van der Waals surface area contributed by atoms with Gasteiger partial charge in [-0.2, -0.15) is 0 Å². The van der Waals surface area contributed by atoms with Gasteiger partial charge in [0.2, 0.25) is 5.91 Å². The fraction of sp³-hybridized carbons (Fsp3) is 0.556. The summed E-state index contributed by atoms with van der Waals surface area (Å²) in [5.74, 6) is 1.05. The van der Waals surface area contributed by atoms with E-state index in [1.54, 1.807) is 12.1 Å². The minimum atomic E-state index is -0.349. The van der Waals surface area contributed by atoms with E-state index in [2.05, 4.69) is 5.32 Å². The highest BCUT2D eigenvalue weighted by molar-refractivity contribution is 6.36. The zero-order valence-electron chi connectivity index (χ0n) is 13.6. The van der Waals surface area contributed by atoms with Gasteiger partial charge in [-0.05, 0) is 42.9 Å². The van der Waals surface area contributed by atoms with Gasteiger partial charge in [0.15, 0.2) is 0 Å². The van der Waals surface area contributed by atoms with Gasteiger partial charge in [-0.1, -0.05) is 42.5 Å². The van der Waals surface area contributed by atoms with Gasteiger partial charge in [-0.25, -0.2) is 0 Å². The van der Waals surface area contributed by atoms with Crippen LogP contribution in [0, 0.1) is 11.8 Å². The van der Waals surface area contributed by atoms with E-state index in [1.807, 2.05) is 4.90 Å². The van der Waals surface area contributed by atoms with E-state index in [0.29, 0.717) is 16.5 Å². The number of rotatable bonds is 3. The van der Waals surface area contributed by atoms with Crippen LogP contribution in [0.2, 0.25) is 10.0 Å². The Hall–Kier alpha value is -1.26. The molecule has 1 aliphatic heterocycles. The van der Waals surface area contributed by atoms with Crippen molar-refractivity contribution in [3.05, 3.63) is 33.8 Å². The van der Waals surface area contributed by atoms with Crippen LogP contribution in [-0.4, -0.2) is 36.3 Å². The standard InChI is InChI=1S/C18H22Cl2N2O2/c19-14-5-6-15(16(20)9-14)18(24)21-10-17(23)22-8-7-12-3-1-2-4-13(12)11-22/h5-6,9,12-13H,1-4,7-8,10-11H2,(H,21,24)/t12-,13+/m1/s1. The van der Waals surface area contributed by atoms with Crippen molar-refractivity contribution in [3.8, 4) is 0 Å². The SMILES string of the molecule is O=C(NCC(=O)N1CC[C@H]2CCCC[C@H]2C1)c1ccc(Cl)cc1Cl. The first-order valence-electron chi connectivity index (χ1n) is 8.55. The molecule has 0 bridgehead atoms. The van der Waals surface area contributed by atoms with E-state index in [0.717, 1.165) is 25.4 Å². The van der Waals surface area contributed by atoms with Crippen LogP contribution in [0.15, 0.2) is 18.2 Å². The minimum absolute atomic E-state index is 0.00910. The number of hydrogen-bond acceptors (Lipinski definition) is 2. The van der Waals surface area contributed by atoms with Gasteiger partial charge in [0.25, 0.3) is 5.91 Å². The molecule has 0 aromatic heterocycles. The summed E-state index contributed by atoms with van der Waals surface area (Å²) in [4.78, 5) is 26.5. The molecule has 1 saturated carbocycles. The number of piperidine rings is 1. The van der Waals surface area contributed by atoms with Gasteiger partial charge < -0.3 is 10.2 Å². The Morgan fingerprint density at radius 3 is 2.62 bits per heavy atom. The molecular weight excluding hydrogens is 347 g/mol. The second-order valence-electron chi connectivity index (χ2n) is 6.74. The Bertz CT molecular complexity index is 635. The lowest BCUT2D eigenvalue weighted by Gasteiger charge is -2.41. The zero-order chi connectivity index (χ0) is 17.1. The van der Waals surface area contributed by atoms with E-state index in [1.165, 1.54) is 31.7 Å². The Balaban J connectivity index is 1.52. The molecule has 24 heavy (non-hydrogen) atoms. The van der Waals surface area contributed by atoms with Crippen molar-refractivity contribution in [2.45, 2.75) is 32.1 Å². The van der Waals surface area contributed by atoms with Gasteiger partial charge in [0.05, 0.1) is 17.1 Å². The molecule has 2 aliphatic rings.